The van der Waals surface area contributed by atoms with Crippen LogP contribution in [0.1, 0.15) is 87.0 Å². The van der Waals surface area contributed by atoms with Crippen molar-refractivity contribution in [3.05, 3.63) is 12.3 Å². The lowest BCUT2D eigenvalue weighted by atomic mass is 10.2. The van der Waals surface area contributed by atoms with Crippen LogP contribution in [0, 0.1) is 11.3 Å². The summed E-state index contributed by atoms with van der Waals surface area (Å²) in [7, 11) is -1.11. The van der Waals surface area contributed by atoms with Gasteiger partial charge in [-0.05, 0) is 73.5 Å². The zero-order chi connectivity index (χ0) is 33.3. The number of aliphatic hydroxyl groups excluding tert-OH is 1. The van der Waals surface area contributed by atoms with E-state index < -0.39 is 37.9 Å². The van der Waals surface area contributed by atoms with E-state index in [2.05, 4.69) is 17.2 Å². The molecule has 0 aliphatic carbocycles. The van der Waals surface area contributed by atoms with Crippen LogP contribution in [0.25, 0.3) is 0 Å². The van der Waals surface area contributed by atoms with Crippen LogP contribution in [0.15, 0.2) is 17.3 Å². The summed E-state index contributed by atoms with van der Waals surface area (Å²) in [6.07, 6.45) is 4.99. The van der Waals surface area contributed by atoms with Crippen molar-refractivity contribution in [2.24, 2.45) is 4.99 Å². The number of aliphatic imine (C=N–C) groups is 1. The van der Waals surface area contributed by atoms with Crippen LogP contribution in [-0.4, -0.2) is 89.2 Å². The molecule has 3 unspecified atom stereocenters. The summed E-state index contributed by atoms with van der Waals surface area (Å²) in [5.41, 5.74) is -1.79. The number of carbonyl (C=O) groups excluding carboxylic acids is 3. The molecule has 0 aromatic heterocycles. The molecule has 0 radical (unpaired) electrons. The normalized spacial score (nSPS) is 13.6. The van der Waals surface area contributed by atoms with Gasteiger partial charge >= 0.3 is 12.2 Å². The SMILES string of the molecule is CCCCCP(OCCC#N)OCC(O)CCCN=C(/C=C\NC=O)N(C(=O)OC(C)(C)C)C(=O)OC(C)(C)C.CPO. The molecule has 0 aliphatic heterocycles. The number of rotatable bonds is 17. The van der Waals surface area contributed by atoms with E-state index in [1.807, 2.05) is 6.07 Å². The lowest BCUT2D eigenvalue weighted by molar-refractivity contribution is -0.108. The topological polar surface area (TPSA) is 180 Å². The summed E-state index contributed by atoms with van der Waals surface area (Å²) in [5, 5.41) is 21.5. The molecule has 0 rings (SSSR count). The molecule has 0 saturated carbocycles. The summed E-state index contributed by atoms with van der Waals surface area (Å²) in [5.74, 6) is -0.103. The maximum atomic E-state index is 13.0. The Morgan fingerprint density at radius 3 is 2.16 bits per heavy atom. The predicted octanol–water partition coefficient (Wildman–Crippen LogP) is 5.61. The Balaban J connectivity index is 0. The largest absolute Gasteiger partial charge is 0.443 e. The van der Waals surface area contributed by atoms with E-state index in [1.54, 1.807) is 48.2 Å². The van der Waals surface area contributed by atoms with Gasteiger partial charge in [0.25, 0.3) is 0 Å². The molecular weight excluding hydrogens is 598 g/mol. The van der Waals surface area contributed by atoms with Crippen LogP contribution >= 0.6 is 17.2 Å². The first-order chi connectivity index (χ1) is 20.1. The highest BCUT2D eigenvalue weighted by Gasteiger charge is 2.34. The average Bonchev–Trinajstić information content (AvgIpc) is 2.88. The molecule has 0 aromatic carbocycles. The zero-order valence-electron chi connectivity index (χ0n) is 26.9. The van der Waals surface area contributed by atoms with Crippen LogP contribution in [-0.2, 0) is 23.3 Å². The molecule has 0 aliphatic rings. The number of imide groups is 1. The minimum atomic E-state index is -1.19. The fraction of sp³-hybridized carbons (Fsp3) is 0.750. The van der Waals surface area contributed by atoms with E-state index in [9.17, 15) is 19.5 Å². The van der Waals surface area contributed by atoms with E-state index in [1.165, 1.54) is 12.3 Å². The second kappa shape index (κ2) is 25.2. The zero-order valence-corrected chi connectivity index (χ0v) is 28.8. The lowest BCUT2D eigenvalue weighted by Gasteiger charge is -2.28. The maximum Gasteiger partial charge on any atom is 0.425 e. The number of amides is 3. The monoisotopic (exact) mass is 650 g/mol. The highest BCUT2D eigenvalue weighted by molar-refractivity contribution is 7.47. The third kappa shape index (κ3) is 26.0. The van der Waals surface area contributed by atoms with Crippen molar-refractivity contribution in [2.45, 2.75) is 104 Å². The van der Waals surface area contributed by atoms with Crippen molar-refractivity contribution in [1.29, 1.82) is 5.26 Å². The number of nitrogens with zero attached hydrogens (tertiary/aromatic N) is 3. The Kier molecular flexibility index (Phi) is 25.1. The van der Waals surface area contributed by atoms with Gasteiger partial charge in [-0.3, -0.25) is 9.79 Å². The summed E-state index contributed by atoms with van der Waals surface area (Å²) in [6, 6.07) is 2.04. The van der Waals surface area contributed by atoms with Gasteiger partial charge < -0.3 is 33.8 Å². The van der Waals surface area contributed by atoms with Gasteiger partial charge in [-0.25, -0.2) is 9.59 Å². The van der Waals surface area contributed by atoms with E-state index in [0.29, 0.717) is 30.8 Å². The molecule has 3 N–H and O–H groups in total. The van der Waals surface area contributed by atoms with E-state index in [0.717, 1.165) is 25.4 Å². The summed E-state index contributed by atoms with van der Waals surface area (Å²) in [6.45, 7) is 14.3. The summed E-state index contributed by atoms with van der Waals surface area (Å²) < 4.78 is 22.3. The van der Waals surface area contributed by atoms with Gasteiger partial charge in [0.1, 0.15) is 17.0 Å². The third-order valence-electron chi connectivity index (χ3n) is 4.55. The highest BCUT2D eigenvalue weighted by Crippen LogP contribution is 2.39. The van der Waals surface area contributed by atoms with Gasteiger partial charge in [-0.1, -0.05) is 19.8 Å². The lowest BCUT2D eigenvalue weighted by Crippen LogP contribution is -2.46. The quantitative estimate of drug-likeness (QED) is 0.0589. The Labute approximate surface area is 260 Å². The van der Waals surface area contributed by atoms with E-state index >= 15 is 0 Å². The molecule has 0 bridgehead atoms. The molecule has 0 aromatic rings. The third-order valence-corrected chi connectivity index (χ3v) is 6.14. The number of amidine groups is 1. The smallest absolute Gasteiger partial charge is 0.425 e. The van der Waals surface area contributed by atoms with Crippen molar-refractivity contribution in [2.75, 3.05) is 32.6 Å². The number of carbonyl (C=O) groups is 3. The highest BCUT2D eigenvalue weighted by atomic mass is 31.2. The number of ether oxygens (including phenoxy) is 2. The standard InChI is InChI=1S/C27H47N4O8P.CH5OP/c1-8-9-10-19-40(36-18-12-15-28)37-20-22(33)13-11-16-30-23(14-17-29-21-32)31(24(34)38-26(2,3)4)25(35)39-27(5,6)7;1-3-2/h14,17,21-22,33H,8-13,16,18-20H2,1-7H3,(H,29,32);2-3H,1H3/b17-14-,30-23?;. The van der Waals surface area contributed by atoms with Gasteiger partial charge in [0.2, 0.25) is 6.41 Å². The average molecular weight is 651 g/mol. The Morgan fingerprint density at radius 1 is 1.09 bits per heavy atom. The number of hydrogen-bond donors (Lipinski definition) is 3. The number of unbranched alkanes of at least 4 members (excludes halogenated alkanes) is 2. The van der Waals surface area contributed by atoms with Crippen LogP contribution in [0.3, 0.4) is 0 Å². The molecule has 0 heterocycles. The van der Waals surface area contributed by atoms with Gasteiger partial charge in [0, 0.05) is 27.7 Å². The predicted molar refractivity (Wildman–Crippen MR) is 170 cm³/mol. The molecule has 0 saturated heterocycles. The number of hydrogen-bond acceptors (Lipinski definition) is 11. The number of nitriles is 1. The molecule has 43 heavy (non-hydrogen) atoms. The second-order valence-corrected chi connectivity index (χ2v) is 13.1. The molecule has 3 amide bonds. The molecule has 15 heteroatoms. The molecule has 3 atom stereocenters. The maximum absolute atomic E-state index is 13.0. The summed E-state index contributed by atoms with van der Waals surface area (Å²) in [4.78, 5) is 49.3. The molecule has 0 spiro atoms. The van der Waals surface area contributed by atoms with Crippen LogP contribution < -0.4 is 5.32 Å². The first-order valence-electron chi connectivity index (χ1n) is 14.2. The fourth-order valence-corrected chi connectivity index (χ4v) is 4.31. The van der Waals surface area contributed by atoms with Crippen molar-refractivity contribution < 1.29 is 42.9 Å². The van der Waals surface area contributed by atoms with Crippen molar-refractivity contribution in [1.82, 2.24) is 10.2 Å². The molecule has 13 nitrogen and oxygen atoms in total. The Hall–Kier alpha value is -2.19. The van der Waals surface area contributed by atoms with Crippen molar-refractivity contribution in [3.8, 4) is 6.07 Å². The summed E-state index contributed by atoms with van der Waals surface area (Å²) >= 11 is 0. The van der Waals surface area contributed by atoms with Crippen LogP contribution in [0.2, 0.25) is 0 Å². The Morgan fingerprint density at radius 2 is 1.67 bits per heavy atom. The molecule has 0 fully saturated rings. The van der Waals surface area contributed by atoms with Crippen molar-refractivity contribution >= 4 is 41.6 Å². The van der Waals surface area contributed by atoms with Gasteiger partial charge in [-0.15, -0.1) is 0 Å². The first kappa shape index (κ1) is 42.9. The van der Waals surface area contributed by atoms with Crippen molar-refractivity contribution in [3.63, 3.8) is 0 Å². The van der Waals surface area contributed by atoms with Gasteiger partial charge in [0.05, 0.1) is 31.8 Å². The van der Waals surface area contributed by atoms with E-state index in [4.69, 9.17) is 28.7 Å². The minimum absolute atomic E-state index is 0.0754. The van der Waals surface area contributed by atoms with Gasteiger partial charge in [0.15, 0.2) is 8.38 Å². The van der Waals surface area contributed by atoms with Gasteiger partial charge in [-0.2, -0.15) is 10.2 Å². The fourth-order valence-electron chi connectivity index (χ4n) is 2.86. The number of nitrogens with one attached hydrogen (secondary N) is 1. The van der Waals surface area contributed by atoms with E-state index in [-0.39, 0.29) is 34.2 Å². The molecular formula is C28H52N4O9P2. The van der Waals surface area contributed by atoms with Crippen LogP contribution in [0.5, 0.6) is 0 Å². The second-order valence-electron chi connectivity index (χ2n) is 11.0. The molecule has 248 valence electrons. The number of aliphatic hydroxyl groups is 1. The Bertz CT molecular complexity index is 857. The minimum Gasteiger partial charge on any atom is -0.443 e. The first-order valence-corrected chi connectivity index (χ1v) is 17.0. The van der Waals surface area contributed by atoms with Crippen LogP contribution in [0.4, 0.5) is 9.59 Å².